The van der Waals surface area contributed by atoms with Crippen molar-refractivity contribution in [3.8, 4) is 22.4 Å². The Balaban J connectivity index is 1.53. The summed E-state index contributed by atoms with van der Waals surface area (Å²) in [4.78, 5) is 18.5. The van der Waals surface area contributed by atoms with Gasteiger partial charge in [0, 0.05) is 61.6 Å². The molecule has 0 aliphatic carbocycles. The quantitative estimate of drug-likeness (QED) is 0.465. The third-order valence-corrected chi connectivity index (χ3v) is 6.64. The Labute approximate surface area is 201 Å². The first kappa shape index (κ1) is 22.0. The van der Waals surface area contributed by atoms with Gasteiger partial charge in [0.05, 0.1) is 11.2 Å². The van der Waals surface area contributed by atoms with Gasteiger partial charge in [0.25, 0.3) is 0 Å². The average molecular weight is 451 g/mol. The van der Waals surface area contributed by atoms with E-state index in [0.717, 1.165) is 82.1 Å². The Morgan fingerprint density at radius 3 is 2.50 bits per heavy atom. The second kappa shape index (κ2) is 9.23. The van der Waals surface area contributed by atoms with E-state index in [9.17, 15) is 0 Å². The van der Waals surface area contributed by atoms with Crippen molar-refractivity contribution in [1.29, 1.82) is 0 Å². The van der Waals surface area contributed by atoms with E-state index in [4.69, 9.17) is 4.98 Å². The summed E-state index contributed by atoms with van der Waals surface area (Å²) in [5, 5.41) is 4.16. The van der Waals surface area contributed by atoms with E-state index in [-0.39, 0.29) is 0 Å². The number of hydrogen-bond donors (Lipinski definition) is 1. The van der Waals surface area contributed by atoms with Crippen LogP contribution in [0.2, 0.25) is 0 Å². The van der Waals surface area contributed by atoms with E-state index >= 15 is 0 Å². The smallest absolute Gasteiger partial charge is 0.128 e. The van der Waals surface area contributed by atoms with Crippen molar-refractivity contribution in [3.05, 3.63) is 78.8 Å². The Kier molecular flexibility index (Phi) is 5.99. The van der Waals surface area contributed by atoms with Crippen LogP contribution >= 0.6 is 0 Å². The van der Waals surface area contributed by atoms with Crippen LogP contribution in [0.4, 0.5) is 5.82 Å². The number of nitrogens with zero attached hydrogens (tertiary/aromatic N) is 5. The molecule has 1 saturated heterocycles. The summed E-state index contributed by atoms with van der Waals surface area (Å²) < 4.78 is 0. The number of pyridine rings is 1. The lowest BCUT2D eigenvalue weighted by atomic mass is 9.99. The van der Waals surface area contributed by atoms with Gasteiger partial charge in [-0.25, -0.2) is 15.0 Å². The lowest BCUT2D eigenvalue weighted by molar-refractivity contribution is 0.207. The van der Waals surface area contributed by atoms with Gasteiger partial charge in [-0.3, -0.25) is 0 Å². The van der Waals surface area contributed by atoms with Crippen LogP contribution in [0.1, 0.15) is 11.1 Å². The van der Waals surface area contributed by atoms with Crippen LogP contribution < -0.4 is 5.32 Å². The van der Waals surface area contributed by atoms with Crippen molar-refractivity contribution in [2.45, 2.75) is 6.92 Å². The van der Waals surface area contributed by atoms with E-state index in [2.05, 4.69) is 94.2 Å². The van der Waals surface area contributed by atoms with Crippen LogP contribution in [-0.2, 0) is 0 Å². The van der Waals surface area contributed by atoms with E-state index in [0.29, 0.717) is 0 Å². The lowest BCUT2D eigenvalue weighted by Crippen LogP contribution is -2.43. The minimum atomic E-state index is 0.894. The number of aryl methyl sites for hydroxylation is 1. The van der Waals surface area contributed by atoms with Crippen LogP contribution in [0.15, 0.2) is 67.6 Å². The molecule has 0 bridgehead atoms. The topological polar surface area (TPSA) is 57.2 Å². The maximum atomic E-state index is 4.69. The predicted octanol–water partition coefficient (Wildman–Crippen LogP) is 4.93. The highest BCUT2D eigenvalue weighted by Gasteiger charge is 2.17. The summed E-state index contributed by atoms with van der Waals surface area (Å²) in [6, 6.07) is 17.0. The molecule has 2 aromatic carbocycles. The minimum absolute atomic E-state index is 0.894. The predicted molar refractivity (Wildman–Crippen MR) is 141 cm³/mol. The lowest BCUT2D eigenvalue weighted by Gasteiger charge is -2.35. The van der Waals surface area contributed by atoms with Crippen molar-refractivity contribution < 1.29 is 0 Å². The second-order valence-electron chi connectivity index (χ2n) is 8.91. The molecule has 1 N–H and O–H groups in total. The monoisotopic (exact) mass is 450 g/mol. The number of hydrogen-bond acceptors (Lipinski definition) is 6. The molecule has 0 radical (unpaired) electrons. The Morgan fingerprint density at radius 2 is 1.74 bits per heavy atom. The molecular weight excluding hydrogens is 420 g/mol. The minimum Gasteiger partial charge on any atom is -0.373 e. The fourth-order valence-electron chi connectivity index (χ4n) is 4.57. The summed E-state index contributed by atoms with van der Waals surface area (Å²) >= 11 is 0. The van der Waals surface area contributed by atoms with Crippen molar-refractivity contribution in [2.24, 2.45) is 0 Å². The van der Waals surface area contributed by atoms with Gasteiger partial charge in [-0.1, -0.05) is 30.8 Å². The molecule has 0 unspecified atom stereocenters. The number of nitrogens with one attached hydrogen (secondary N) is 1. The second-order valence-corrected chi connectivity index (χ2v) is 8.91. The first-order chi connectivity index (χ1) is 16.5. The molecule has 34 heavy (non-hydrogen) atoms. The first-order valence-electron chi connectivity index (χ1n) is 11.7. The Bertz CT molecular complexity index is 1350. The van der Waals surface area contributed by atoms with Crippen LogP contribution in [0, 0.1) is 6.92 Å². The summed E-state index contributed by atoms with van der Waals surface area (Å²) in [5.41, 5.74) is 8.40. The number of benzene rings is 2. The van der Waals surface area contributed by atoms with Crippen LogP contribution in [-0.4, -0.2) is 65.0 Å². The van der Waals surface area contributed by atoms with Crippen molar-refractivity contribution in [3.63, 3.8) is 0 Å². The maximum Gasteiger partial charge on any atom is 0.128 e. The van der Waals surface area contributed by atoms with Crippen LogP contribution in [0.3, 0.4) is 0 Å². The molecular formula is C28H30N6. The van der Waals surface area contributed by atoms with Gasteiger partial charge in [-0.2, -0.15) is 0 Å². The molecule has 1 fully saturated rings. The molecule has 172 valence electrons. The Hall–Kier alpha value is -3.77. The van der Waals surface area contributed by atoms with E-state index in [1.165, 1.54) is 0 Å². The molecule has 6 heteroatoms. The largest absolute Gasteiger partial charge is 0.373 e. The fourth-order valence-corrected chi connectivity index (χ4v) is 4.57. The maximum absolute atomic E-state index is 4.69. The molecule has 4 aromatic rings. The van der Waals surface area contributed by atoms with Gasteiger partial charge >= 0.3 is 0 Å². The number of aromatic nitrogens is 3. The molecule has 0 saturated carbocycles. The van der Waals surface area contributed by atoms with Gasteiger partial charge in [-0.15, -0.1) is 0 Å². The number of anilines is 1. The van der Waals surface area contributed by atoms with E-state index in [1.807, 2.05) is 13.2 Å². The molecule has 6 nitrogen and oxygen atoms in total. The molecule has 0 atom stereocenters. The van der Waals surface area contributed by atoms with Gasteiger partial charge in [0.15, 0.2) is 0 Å². The van der Waals surface area contributed by atoms with Crippen molar-refractivity contribution in [2.75, 3.05) is 45.6 Å². The zero-order valence-electron chi connectivity index (χ0n) is 20.0. The molecule has 1 aliphatic rings. The number of rotatable bonds is 5. The third-order valence-electron chi connectivity index (χ3n) is 6.64. The van der Waals surface area contributed by atoms with Crippen molar-refractivity contribution in [1.82, 2.24) is 24.8 Å². The summed E-state index contributed by atoms with van der Waals surface area (Å²) in [6.07, 6.45) is 3.55. The standard InChI is InChI=1S/C28H30N6/c1-19-14-24(17-30-28(19)29-3)22-8-9-26-25(16-22)27(32-18-31-26)23-7-5-6-21(15-23)20(2)34-12-10-33(4)11-13-34/h5-9,14-18H,2,10-13H2,1,3-4H3,(H,29,30). The normalized spacial score (nSPS) is 14.4. The average Bonchev–Trinajstić information content (AvgIpc) is 2.88. The zero-order valence-corrected chi connectivity index (χ0v) is 20.0. The fraction of sp³-hybridized carbons (Fsp3) is 0.250. The summed E-state index contributed by atoms with van der Waals surface area (Å²) in [7, 11) is 4.06. The highest BCUT2D eigenvalue weighted by atomic mass is 15.2. The third kappa shape index (κ3) is 4.24. The molecule has 3 heterocycles. The highest BCUT2D eigenvalue weighted by Crippen LogP contribution is 2.32. The van der Waals surface area contributed by atoms with Crippen molar-refractivity contribution >= 4 is 22.4 Å². The molecule has 0 amide bonds. The van der Waals surface area contributed by atoms with Crippen LogP contribution in [0.25, 0.3) is 39.0 Å². The highest BCUT2D eigenvalue weighted by molar-refractivity contribution is 5.95. The Morgan fingerprint density at radius 1 is 0.912 bits per heavy atom. The summed E-state index contributed by atoms with van der Waals surface area (Å²) in [6.45, 7) is 10.6. The van der Waals surface area contributed by atoms with E-state index < -0.39 is 0 Å². The van der Waals surface area contributed by atoms with Gasteiger partial charge in [-0.05, 0) is 54.9 Å². The molecule has 0 spiro atoms. The van der Waals surface area contributed by atoms with Gasteiger partial charge < -0.3 is 15.1 Å². The SMILES string of the molecule is C=C(c1cccc(-c2ncnc3ccc(-c4cnc(NC)c(C)c4)cc23)c1)N1CCN(C)CC1. The molecule has 2 aromatic heterocycles. The van der Waals surface area contributed by atoms with Gasteiger partial charge in [0.2, 0.25) is 0 Å². The first-order valence-corrected chi connectivity index (χ1v) is 11.7. The molecule has 1 aliphatic heterocycles. The zero-order chi connectivity index (χ0) is 23.7. The van der Waals surface area contributed by atoms with Gasteiger partial charge in [0.1, 0.15) is 12.1 Å². The van der Waals surface area contributed by atoms with E-state index in [1.54, 1.807) is 6.33 Å². The number of piperazine rings is 1. The molecule has 5 rings (SSSR count). The number of fused-ring (bicyclic) bond motifs is 1. The summed E-state index contributed by atoms with van der Waals surface area (Å²) in [5.74, 6) is 0.894. The number of likely N-dealkylation sites (N-methyl/N-ethyl adjacent to an activating group) is 1. The van der Waals surface area contributed by atoms with Crippen LogP contribution in [0.5, 0.6) is 0 Å².